The number of carbonyl (C=O) groups is 2. The van der Waals surface area contributed by atoms with Crippen LogP contribution in [0.5, 0.6) is 0 Å². The number of carboxylic acid groups (broad SMARTS) is 2. The van der Waals surface area contributed by atoms with Crippen molar-refractivity contribution in [2.24, 2.45) is 0 Å². The number of nitro benzene ring substituents is 1. The summed E-state index contributed by atoms with van der Waals surface area (Å²) in [6.07, 6.45) is 0. The predicted octanol–water partition coefficient (Wildman–Crippen LogP) is 0.473. The van der Waals surface area contributed by atoms with Gasteiger partial charge in [0.2, 0.25) is 0 Å². The molecule has 0 bridgehead atoms. The van der Waals surface area contributed by atoms with Crippen LogP contribution in [0.25, 0.3) is 0 Å². The molecule has 0 unspecified atom stereocenters. The molecule has 0 aliphatic rings. The quantitative estimate of drug-likeness (QED) is 0.580. The monoisotopic (exact) mass is 317 g/mol. The second kappa shape index (κ2) is 6.27. The molecule has 0 spiro atoms. The number of aromatic carboxylic acids is 2. The summed E-state index contributed by atoms with van der Waals surface area (Å²) in [6.45, 7) is 0. The third-order valence-corrected chi connectivity index (χ3v) is 3.87. The molecule has 0 radical (unpaired) electrons. The molecule has 22 heavy (non-hydrogen) atoms. The highest BCUT2D eigenvalue weighted by molar-refractivity contribution is 7.99. The van der Waals surface area contributed by atoms with E-state index in [1.54, 1.807) is 6.07 Å². The molecule has 8 heteroatoms. The predicted molar refractivity (Wildman–Crippen MR) is 72.3 cm³/mol. The standard InChI is InChI=1S/C14H9NO6S/c16-13(17)9-3-1-2-4-11(9)22-12-6-5-8(15(20)21)7-10(12)14(18)19/h1-7H,(H,16,17)(H,18,19)/p-2. The first kappa shape index (κ1) is 15.5. The fourth-order valence-corrected chi connectivity index (χ4v) is 2.76. The maximum Gasteiger partial charge on any atom is 0.270 e. The Morgan fingerprint density at radius 3 is 2.09 bits per heavy atom. The second-order valence-corrected chi connectivity index (χ2v) is 5.19. The molecule has 2 aromatic rings. The summed E-state index contributed by atoms with van der Waals surface area (Å²) in [6, 6.07) is 9.14. The van der Waals surface area contributed by atoms with E-state index in [0.717, 1.165) is 23.9 Å². The fourth-order valence-electron chi connectivity index (χ4n) is 1.72. The Balaban J connectivity index is 2.48. The lowest BCUT2D eigenvalue weighted by atomic mass is 10.2. The van der Waals surface area contributed by atoms with Crippen molar-refractivity contribution in [2.75, 3.05) is 0 Å². The third-order valence-electron chi connectivity index (χ3n) is 2.72. The Morgan fingerprint density at radius 1 is 0.909 bits per heavy atom. The molecular formula is C14H7NO6S-2. The molecule has 0 N–H and O–H groups in total. The molecular weight excluding hydrogens is 310 g/mol. The van der Waals surface area contributed by atoms with E-state index in [1.807, 2.05) is 0 Å². The van der Waals surface area contributed by atoms with E-state index in [2.05, 4.69) is 0 Å². The number of nitrogens with zero attached hydrogens (tertiary/aromatic N) is 1. The van der Waals surface area contributed by atoms with E-state index >= 15 is 0 Å². The van der Waals surface area contributed by atoms with Crippen LogP contribution >= 0.6 is 11.8 Å². The highest BCUT2D eigenvalue weighted by Gasteiger charge is 2.14. The normalized spacial score (nSPS) is 10.2. The number of hydrogen-bond donors (Lipinski definition) is 0. The number of rotatable bonds is 5. The van der Waals surface area contributed by atoms with Crippen LogP contribution in [0.3, 0.4) is 0 Å². The minimum Gasteiger partial charge on any atom is -0.545 e. The highest BCUT2D eigenvalue weighted by Crippen LogP contribution is 2.34. The molecule has 0 atom stereocenters. The molecule has 0 saturated carbocycles. The van der Waals surface area contributed by atoms with Crippen molar-refractivity contribution in [3.8, 4) is 0 Å². The van der Waals surface area contributed by atoms with Gasteiger partial charge in [0.1, 0.15) is 0 Å². The lowest BCUT2D eigenvalue weighted by molar-refractivity contribution is -0.385. The third kappa shape index (κ3) is 3.23. The zero-order valence-corrected chi connectivity index (χ0v) is 11.7. The maximum atomic E-state index is 11.1. The maximum absolute atomic E-state index is 11.1. The fraction of sp³-hybridized carbons (Fsp3) is 0. The summed E-state index contributed by atoms with van der Waals surface area (Å²) in [5, 5.41) is 32.8. The minimum atomic E-state index is -1.59. The van der Waals surface area contributed by atoms with Crippen molar-refractivity contribution < 1.29 is 24.7 Å². The van der Waals surface area contributed by atoms with Crippen molar-refractivity contribution in [1.29, 1.82) is 0 Å². The van der Waals surface area contributed by atoms with E-state index in [4.69, 9.17) is 0 Å². The van der Waals surface area contributed by atoms with Crippen molar-refractivity contribution >= 4 is 29.4 Å². The molecule has 0 amide bonds. The molecule has 0 aliphatic heterocycles. The van der Waals surface area contributed by atoms with Crippen LogP contribution in [0.4, 0.5) is 5.69 Å². The van der Waals surface area contributed by atoms with Gasteiger partial charge in [0.05, 0.1) is 16.9 Å². The topological polar surface area (TPSA) is 123 Å². The first-order valence-electron chi connectivity index (χ1n) is 5.88. The van der Waals surface area contributed by atoms with E-state index in [1.165, 1.54) is 24.3 Å². The Bertz CT molecular complexity index is 774. The van der Waals surface area contributed by atoms with Crippen LogP contribution in [0, 0.1) is 10.1 Å². The summed E-state index contributed by atoms with van der Waals surface area (Å²) < 4.78 is 0. The van der Waals surface area contributed by atoms with Gasteiger partial charge in [-0.3, -0.25) is 10.1 Å². The molecule has 2 aromatic carbocycles. The Hall–Kier alpha value is -2.87. The van der Waals surface area contributed by atoms with Crippen molar-refractivity contribution in [2.45, 2.75) is 9.79 Å². The van der Waals surface area contributed by atoms with Crippen LogP contribution in [0.2, 0.25) is 0 Å². The average molecular weight is 317 g/mol. The van der Waals surface area contributed by atoms with E-state index in [0.29, 0.717) is 0 Å². The van der Waals surface area contributed by atoms with Crippen LogP contribution in [0.15, 0.2) is 52.3 Å². The summed E-state index contributed by atoms with van der Waals surface area (Å²) >= 11 is 0.854. The van der Waals surface area contributed by atoms with Gasteiger partial charge < -0.3 is 19.8 Å². The van der Waals surface area contributed by atoms with Gasteiger partial charge >= 0.3 is 0 Å². The van der Waals surface area contributed by atoms with Gasteiger partial charge in [-0.15, -0.1) is 0 Å². The molecule has 0 aromatic heterocycles. The molecule has 0 saturated heterocycles. The first-order chi connectivity index (χ1) is 10.4. The van der Waals surface area contributed by atoms with Crippen molar-refractivity contribution in [1.82, 2.24) is 0 Å². The number of hydrogen-bond acceptors (Lipinski definition) is 7. The Morgan fingerprint density at radius 2 is 1.50 bits per heavy atom. The van der Waals surface area contributed by atoms with Crippen LogP contribution < -0.4 is 10.2 Å². The minimum absolute atomic E-state index is 0.102. The zero-order valence-electron chi connectivity index (χ0n) is 10.8. The van der Waals surface area contributed by atoms with E-state index in [9.17, 15) is 29.9 Å². The lowest BCUT2D eigenvalue weighted by Gasteiger charge is -2.13. The van der Waals surface area contributed by atoms with Gasteiger partial charge in [0, 0.05) is 33.1 Å². The van der Waals surface area contributed by atoms with Gasteiger partial charge in [-0.2, -0.15) is 0 Å². The van der Waals surface area contributed by atoms with Gasteiger partial charge in [-0.05, 0) is 12.1 Å². The van der Waals surface area contributed by atoms with E-state index < -0.39 is 22.5 Å². The second-order valence-electron chi connectivity index (χ2n) is 4.11. The molecule has 112 valence electrons. The number of non-ortho nitro benzene ring substituents is 1. The molecule has 7 nitrogen and oxygen atoms in total. The SMILES string of the molecule is O=C([O-])c1ccccc1Sc1ccc([N+](=O)[O-])cc1C(=O)[O-]. The Kier molecular flexibility index (Phi) is 4.42. The van der Waals surface area contributed by atoms with Gasteiger partial charge in [-0.25, -0.2) is 0 Å². The number of carboxylic acids is 2. The number of nitro groups is 1. The summed E-state index contributed by atoms with van der Waals surface area (Å²) in [5.74, 6) is -2.99. The van der Waals surface area contributed by atoms with Gasteiger partial charge in [0.15, 0.2) is 0 Å². The number of carbonyl (C=O) groups excluding carboxylic acids is 2. The largest absolute Gasteiger partial charge is 0.545 e. The average Bonchev–Trinajstić information content (AvgIpc) is 2.47. The molecule has 0 fully saturated rings. The summed E-state index contributed by atoms with van der Waals surface area (Å²) in [5.41, 5.74) is -0.876. The summed E-state index contributed by atoms with van der Waals surface area (Å²) in [4.78, 5) is 32.5. The van der Waals surface area contributed by atoms with Gasteiger partial charge in [-0.1, -0.05) is 30.0 Å². The number of benzene rings is 2. The summed E-state index contributed by atoms with van der Waals surface area (Å²) in [7, 11) is 0. The molecule has 0 heterocycles. The smallest absolute Gasteiger partial charge is 0.270 e. The van der Waals surface area contributed by atoms with Crippen LogP contribution in [-0.4, -0.2) is 16.9 Å². The first-order valence-corrected chi connectivity index (χ1v) is 6.70. The van der Waals surface area contributed by atoms with E-state index in [-0.39, 0.29) is 20.9 Å². The highest BCUT2D eigenvalue weighted by atomic mass is 32.2. The van der Waals surface area contributed by atoms with Crippen LogP contribution in [0.1, 0.15) is 20.7 Å². The van der Waals surface area contributed by atoms with Crippen molar-refractivity contribution in [3.05, 3.63) is 63.7 Å². The van der Waals surface area contributed by atoms with Crippen LogP contribution in [-0.2, 0) is 0 Å². The zero-order chi connectivity index (χ0) is 16.3. The Labute approximate surface area is 128 Å². The molecule has 0 aliphatic carbocycles. The van der Waals surface area contributed by atoms with Gasteiger partial charge in [0.25, 0.3) is 5.69 Å². The molecule has 2 rings (SSSR count). The van der Waals surface area contributed by atoms with Crippen molar-refractivity contribution in [3.63, 3.8) is 0 Å². The lowest BCUT2D eigenvalue weighted by Crippen LogP contribution is -2.24.